The third-order valence-corrected chi connectivity index (χ3v) is 5.28. The fourth-order valence-corrected chi connectivity index (χ4v) is 3.48. The number of carboxylic acids is 1. The van der Waals surface area contributed by atoms with Crippen molar-refractivity contribution in [1.82, 2.24) is 15.5 Å². The van der Waals surface area contributed by atoms with E-state index in [1.165, 1.54) is 23.6 Å². The molecule has 3 amide bonds. The number of likely N-dealkylation sites (tertiary alicyclic amines) is 1. The number of carboxylic acid groups (broad SMARTS) is 1. The average molecular weight is 421 g/mol. The molecule has 0 aromatic carbocycles. The van der Waals surface area contributed by atoms with Crippen molar-refractivity contribution in [1.29, 1.82) is 0 Å². The highest BCUT2D eigenvalue weighted by Gasteiger charge is 2.38. The van der Waals surface area contributed by atoms with Crippen molar-refractivity contribution in [3.8, 4) is 0 Å². The summed E-state index contributed by atoms with van der Waals surface area (Å²) in [4.78, 5) is 49.8. The molecule has 1 heterocycles. The summed E-state index contributed by atoms with van der Waals surface area (Å²) in [6.45, 7) is 1.84. The fourth-order valence-electron chi connectivity index (χ4n) is 2.75. The predicted molar refractivity (Wildman–Crippen MR) is 107 cm³/mol. The van der Waals surface area contributed by atoms with Crippen molar-refractivity contribution in [2.45, 2.75) is 50.4 Å². The van der Waals surface area contributed by atoms with Crippen LogP contribution in [0.1, 0.15) is 26.2 Å². The molecule has 1 saturated heterocycles. The summed E-state index contributed by atoms with van der Waals surface area (Å²) in [5, 5.41) is 14.4. The van der Waals surface area contributed by atoms with Crippen LogP contribution in [0.25, 0.3) is 0 Å². The number of aliphatic carboxylic acids is 1. The van der Waals surface area contributed by atoms with Crippen LogP contribution in [-0.4, -0.2) is 82.2 Å². The lowest BCUT2D eigenvalue weighted by atomic mass is 10.1. The van der Waals surface area contributed by atoms with E-state index in [4.69, 9.17) is 5.73 Å². The Morgan fingerprint density at radius 2 is 1.89 bits per heavy atom. The van der Waals surface area contributed by atoms with Crippen molar-refractivity contribution in [3.63, 3.8) is 0 Å². The van der Waals surface area contributed by atoms with Crippen molar-refractivity contribution in [2.24, 2.45) is 5.73 Å². The van der Waals surface area contributed by atoms with Gasteiger partial charge in [0.25, 0.3) is 0 Å². The summed E-state index contributed by atoms with van der Waals surface area (Å²) < 4.78 is 0. The first kappa shape index (κ1) is 23.6. The molecule has 0 bridgehead atoms. The highest BCUT2D eigenvalue weighted by atomic mass is 32.2. The summed E-state index contributed by atoms with van der Waals surface area (Å²) >= 11 is 5.59. The van der Waals surface area contributed by atoms with Gasteiger partial charge in [0.2, 0.25) is 17.7 Å². The van der Waals surface area contributed by atoms with Gasteiger partial charge in [0, 0.05) is 12.3 Å². The Bertz CT molecular complexity index is 561. The topological polar surface area (TPSA) is 142 Å². The summed E-state index contributed by atoms with van der Waals surface area (Å²) in [6, 6.07) is -3.45. The monoisotopic (exact) mass is 420 g/mol. The number of nitrogens with zero attached hydrogens (tertiary/aromatic N) is 1. The molecule has 0 aromatic heterocycles. The molecular formula is C16H28N4O5S2. The Kier molecular flexibility index (Phi) is 9.95. The minimum Gasteiger partial charge on any atom is -0.480 e. The molecule has 1 aliphatic rings. The molecule has 0 spiro atoms. The molecule has 11 heteroatoms. The number of thiol groups is 1. The van der Waals surface area contributed by atoms with E-state index in [1.807, 2.05) is 6.26 Å². The van der Waals surface area contributed by atoms with Gasteiger partial charge in [0.15, 0.2) is 0 Å². The number of hydrogen-bond donors (Lipinski definition) is 5. The maximum absolute atomic E-state index is 12.9. The van der Waals surface area contributed by atoms with Crippen LogP contribution in [0.4, 0.5) is 0 Å². The lowest BCUT2D eigenvalue weighted by Gasteiger charge is -2.28. The van der Waals surface area contributed by atoms with E-state index >= 15 is 0 Å². The second-order valence-corrected chi connectivity index (χ2v) is 7.75. The molecule has 9 nitrogen and oxygen atoms in total. The SMILES string of the molecule is CSCCC(NC(=O)C(CS)NC(=O)C(C)N)C(=O)N1CCCC1C(=O)O. The molecule has 4 atom stereocenters. The summed E-state index contributed by atoms with van der Waals surface area (Å²) in [5.74, 6) is -1.87. The smallest absolute Gasteiger partial charge is 0.326 e. The van der Waals surface area contributed by atoms with Gasteiger partial charge in [-0.05, 0) is 38.2 Å². The quantitative estimate of drug-likeness (QED) is 0.287. The lowest BCUT2D eigenvalue weighted by Crippen LogP contribution is -2.57. The molecule has 0 radical (unpaired) electrons. The Morgan fingerprint density at radius 1 is 1.26 bits per heavy atom. The van der Waals surface area contributed by atoms with Gasteiger partial charge < -0.3 is 26.4 Å². The zero-order valence-corrected chi connectivity index (χ0v) is 17.2. The van der Waals surface area contributed by atoms with Crippen LogP contribution in [0.2, 0.25) is 0 Å². The molecule has 0 saturated carbocycles. The third-order valence-electron chi connectivity index (χ3n) is 4.28. The van der Waals surface area contributed by atoms with Crippen LogP contribution in [0.3, 0.4) is 0 Å². The fraction of sp³-hybridized carbons (Fsp3) is 0.750. The van der Waals surface area contributed by atoms with E-state index in [0.29, 0.717) is 31.6 Å². The van der Waals surface area contributed by atoms with Crippen molar-refractivity contribution < 1.29 is 24.3 Å². The Hall–Kier alpha value is -1.46. The predicted octanol–water partition coefficient (Wildman–Crippen LogP) is -0.938. The molecule has 27 heavy (non-hydrogen) atoms. The first-order valence-electron chi connectivity index (χ1n) is 8.72. The zero-order chi connectivity index (χ0) is 20.6. The van der Waals surface area contributed by atoms with E-state index in [9.17, 15) is 24.3 Å². The van der Waals surface area contributed by atoms with Gasteiger partial charge >= 0.3 is 5.97 Å². The molecule has 154 valence electrons. The van der Waals surface area contributed by atoms with Crippen LogP contribution in [0.5, 0.6) is 0 Å². The van der Waals surface area contributed by atoms with Crippen molar-refractivity contribution in [3.05, 3.63) is 0 Å². The molecule has 0 aromatic rings. The van der Waals surface area contributed by atoms with Gasteiger partial charge in [-0.25, -0.2) is 4.79 Å². The minimum absolute atomic E-state index is 0.0369. The van der Waals surface area contributed by atoms with Gasteiger partial charge in [-0.1, -0.05) is 0 Å². The van der Waals surface area contributed by atoms with Gasteiger partial charge in [0.1, 0.15) is 18.1 Å². The van der Waals surface area contributed by atoms with Crippen LogP contribution < -0.4 is 16.4 Å². The number of hydrogen-bond acceptors (Lipinski definition) is 7. The second-order valence-electron chi connectivity index (χ2n) is 6.40. The van der Waals surface area contributed by atoms with E-state index in [-0.39, 0.29) is 5.75 Å². The van der Waals surface area contributed by atoms with E-state index in [2.05, 4.69) is 23.3 Å². The van der Waals surface area contributed by atoms with Crippen molar-refractivity contribution in [2.75, 3.05) is 24.3 Å². The van der Waals surface area contributed by atoms with Crippen LogP contribution in [0.15, 0.2) is 0 Å². The first-order chi connectivity index (χ1) is 12.7. The largest absolute Gasteiger partial charge is 0.480 e. The first-order valence-corrected chi connectivity index (χ1v) is 10.7. The summed E-state index contributed by atoms with van der Waals surface area (Å²) in [7, 11) is 0. The minimum atomic E-state index is -1.05. The Morgan fingerprint density at radius 3 is 2.41 bits per heavy atom. The number of nitrogens with two attached hydrogens (primary N) is 1. The van der Waals surface area contributed by atoms with Crippen LogP contribution >= 0.6 is 24.4 Å². The van der Waals surface area contributed by atoms with Crippen molar-refractivity contribution >= 4 is 48.1 Å². The second kappa shape index (κ2) is 11.4. The van der Waals surface area contributed by atoms with Crippen LogP contribution in [-0.2, 0) is 19.2 Å². The molecule has 5 N–H and O–H groups in total. The summed E-state index contributed by atoms with van der Waals surface area (Å²) in [5.41, 5.74) is 5.49. The highest BCUT2D eigenvalue weighted by Crippen LogP contribution is 2.19. The Labute approximate surface area is 168 Å². The number of rotatable bonds is 10. The maximum atomic E-state index is 12.9. The number of thioether (sulfide) groups is 1. The third kappa shape index (κ3) is 6.89. The number of nitrogens with one attached hydrogen (secondary N) is 2. The molecule has 1 aliphatic heterocycles. The van der Waals surface area contributed by atoms with E-state index in [1.54, 1.807) is 0 Å². The highest BCUT2D eigenvalue weighted by molar-refractivity contribution is 7.98. The maximum Gasteiger partial charge on any atom is 0.326 e. The molecule has 1 rings (SSSR count). The van der Waals surface area contributed by atoms with Crippen LogP contribution in [0, 0.1) is 0 Å². The average Bonchev–Trinajstić information content (AvgIpc) is 3.11. The van der Waals surface area contributed by atoms with Gasteiger partial charge in [-0.3, -0.25) is 14.4 Å². The normalized spacial score (nSPS) is 19.9. The molecular weight excluding hydrogens is 392 g/mol. The molecule has 4 unspecified atom stereocenters. The number of amides is 3. The lowest BCUT2D eigenvalue weighted by molar-refractivity contribution is -0.149. The van der Waals surface area contributed by atoms with E-state index < -0.39 is 47.9 Å². The summed E-state index contributed by atoms with van der Waals surface area (Å²) in [6.07, 6.45) is 3.23. The molecule has 0 aliphatic carbocycles. The van der Waals surface area contributed by atoms with Gasteiger partial charge in [0.05, 0.1) is 6.04 Å². The Balaban J connectivity index is 2.86. The van der Waals surface area contributed by atoms with Gasteiger partial charge in [-0.15, -0.1) is 0 Å². The van der Waals surface area contributed by atoms with Gasteiger partial charge in [-0.2, -0.15) is 24.4 Å². The zero-order valence-electron chi connectivity index (χ0n) is 15.5. The molecule has 1 fully saturated rings. The number of carbonyl (C=O) groups is 4. The standard InChI is InChI=1S/C16H28N4O5S2/c1-9(17)13(21)19-11(8-26)14(22)18-10(5-7-27-2)15(23)20-6-3-4-12(20)16(24)25/h9-12,26H,3-8,17H2,1-2H3,(H,18,22)(H,19,21)(H,24,25). The van der Waals surface area contributed by atoms with E-state index in [0.717, 1.165) is 0 Å². The number of carbonyl (C=O) groups excluding carboxylic acids is 3.